The normalized spacial score (nSPS) is 11.6. The maximum atomic E-state index is 7.04. The summed E-state index contributed by atoms with van der Waals surface area (Å²) in [4.78, 5) is 0. The van der Waals surface area contributed by atoms with Gasteiger partial charge in [-0.3, -0.25) is 0 Å². The summed E-state index contributed by atoms with van der Waals surface area (Å²) < 4.78 is 0. The number of halogens is 4. The molecule has 0 spiro atoms. The van der Waals surface area contributed by atoms with Gasteiger partial charge in [0, 0.05) is 10.0 Å². The molecule has 0 radical (unpaired) electrons. The second kappa shape index (κ2) is 11.9. The van der Waals surface area contributed by atoms with Gasteiger partial charge in [0.05, 0.1) is 0 Å². The largest absolute Gasteiger partial charge is 0.214 e. The minimum Gasteiger partial charge on any atom is -0.155 e. The van der Waals surface area contributed by atoms with Gasteiger partial charge in [-0.1, -0.05) is 106 Å². The summed E-state index contributed by atoms with van der Waals surface area (Å²) in [6, 6.07) is 28.7. The van der Waals surface area contributed by atoms with Crippen LogP contribution in [0.25, 0.3) is 0 Å². The minimum atomic E-state index is -2.21. The molecular weight excluding hydrogens is 558 g/mol. The van der Waals surface area contributed by atoms with Crippen LogP contribution in [0.2, 0.25) is 23.1 Å². The molecule has 0 heterocycles. The van der Waals surface area contributed by atoms with Crippen molar-refractivity contribution in [2.75, 3.05) is 0 Å². The first kappa shape index (κ1) is 29.0. The molecule has 0 saturated carbocycles. The zero-order valence-corrected chi connectivity index (χ0v) is 26.6. The molecule has 0 aromatic heterocycles. The molecule has 0 aliphatic carbocycles. The summed E-state index contributed by atoms with van der Waals surface area (Å²) in [6.07, 6.45) is 0. The van der Waals surface area contributed by atoms with Crippen molar-refractivity contribution in [3.8, 4) is 0 Å². The minimum absolute atomic E-state index is 0.712. The van der Waals surface area contributed by atoms with E-state index in [1.54, 1.807) is 0 Å². The van der Waals surface area contributed by atoms with Crippen LogP contribution in [0, 0.1) is 27.7 Å². The SMILES string of the molecule is C[Si](Cl)(c1cccc(Cl)c1)c1cccc(Cl)c1.Cc1ccc([Si](C)(Cl)c2ccc(C)cc2C)c(C)c1. The molecule has 188 valence electrons. The summed E-state index contributed by atoms with van der Waals surface area (Å²) in [5, 5.41) is 6.26. The second-order valence-electron chi connectivity index (χ2n) is 9.66. The van der Waals surface area contributed by atoms with Crippen LogP contribution in [-0.4, -0.2) is 14.8 Å². The molecule has 0 bridgehead atoms. The number of hydrogen-bond donors (Lipinski definition) is 0. The van der Waals surface area contributed by atoms with Gasteiger partial charge >= 0.3 is 0 Å². The van der Waals surface area contributed by atoms with E-state index >= 15 is 0 Å². The smallest absolute Gasteiger partial charge is 0.155 e. The molecule has 0 nitrogen and oxygen atoms in total. The summed E-state index contributed by atoms with van der Waals surface area (Å²) in [5.74, 6) is 0. The van der Waals surface area contributed by atoms with Crippen LogP contribution in [0.1, 0.15) is 22.3 Å². The van der Waals surface area contributed by atoms with Gasteiger partial charge in [0.25, 0.3) is 0 Å². The molecule has 0 aliphatic heterocycles. The average molecular weight is 591 g/mol. The lowest BCUT2D eigenvalue weighted by atomic mass is 10.1. The van der Waals surface area contributed by atoms with Crippen molar-refractivity contribution >= 4 is 80.9 Å². The topological polar surface area (TPSA) is 0 Å². The Balaban J connectivity index is 0.000000202. The molecule has 0 saturated heterocycles. The summed E-state index contributed by atoms with van der Waals surface area (Å²) >= 11 is 25.8. The van der Waals surface area contributed by atoms with Gasteiger partial charge in [-0.05, 0) is 85.8 Å². The molecule has 4 aromatic rings. The Kier molecular flexibility index (Phi) is 9.59. The van der Waals surface area contributed by atoms with E-state index < -0.39 is 14.8 Å². The zero-order chi connectivity index (χ0) is 26.7. The third-order valence-electron chi connectivity index (χ3n) is 6.51. The van der Waals surface area contributed by atoms with Crippen molar-refractivity contribution < 1.29 is 0 Å². The zero-order valence-electron chi connectivity index (χ0n) is 21.6. The Labute approximate surface area is 237 Å². The van der Waals surface area contributed by atoms with E-state index in [4.69, 9.17) is 45.4 Å². The van der Waals surface area contributed by atoms with E-state index in [-0.39, 0.29) is 0 Å². The molecule has 0 unspecified atom stereocenters. The van der Waals surface area contributed by atoms with Crippen molar-refractivity contribution in [1.29, 1.82) is 0 Å². The Morgan fingerprint density at radius 3 is 1.22 bits per heavy atom. The third-order valence-corrected chi connectivity index (χ3v) is 15.4. The molecule has 36 heavy (non-hydrogen) atoms. The van der Waals surface area contributed by atoms with Crippen molar-refractivity contribution in [2.45, 2.75) is 40.8 Å². The fourth-order valence-corrected chi connectivity index (χ4v) is 11.8. The lowest BCUT2D eigenvalue weighted by Gasteiger charge is -2.25. The predicted molar refractivity (Wildman–Crippen MR) is 168 cm³/mol. The Hall–Kier alpha value is -1.53. The van der Waals surface area contributed by atoms with Crippen LogP contribution in [0.4, 0.5) is 0 Å². The number of benzene rings is 4. The molecule has 0 fully saturated rings. The van der Waals surface area contributed by atoms with E-state index in [0.29, 0.717) is 10.0 Å². The molecule has 0 atom stereocenters. The standard InChI is InChI=1S/C17H21ClSi.C13H11Cl3Si/c1-12-6-8-16(14(3)10-12)19(5,18)17-9-7-13(2)11-15(17)4;1-17(16,12-6-2-4-10(14)8-12)13-7-3-5-11(15)9-13/h6-11H,1-5H3;2-9H,1H3. The van der Waals surface area contributed by atoms with Crippen molar-refractivity contribution in [2.24, 2.45) is 0 Å². The summed E-state index contributed by atoms with van der Waals surface area (Å²) in [5.41, 5.74) is 5.21. The first-order valence-corrected chi connectivity index (χ1v) is 19.7. The van der Waals surface area contributed by atoms with Gasteiger partial charge in [-0.25, -0.2) is 0 Å². The van der Waals surface area contributed by atoms with Crippen LogP contribution in [-0.2, 0) is 0 Å². The van der Waals surface area contributed by atoms with Gasteiger partial charge < -0.3 is 0 Å². The summed E-state index contributed by atoms with van der Waals surface area (Å²) in [7, 11) is -4.33. The quantitative estimate of drug-likeness (QED) is 0.168. The maximum Gasteiger partial charge on any atom is 0.214 e. The van der Waals surface area contributed by atoms with E-state index in [2.05, 4.69) is 77.2 Å². The van der Waals surface area contributed by atoms with Gasteiger partial charge in [-0.2, -0.15) is 22.2 Å². The van der Waals surface area contributed by atoms with Gasteiger partial charge in [0.15, 0.2) is 0 Å². The molecule has 0 N–H and O–H groups in total. The molecular formula is C30H32Cl4Si2. The lowest BCUT2D eigenvalue weighted by Crippen LogP contribution is -2.52. The van der Waals surface area contributed by atoms with E-state index in [1.165, 1.54) is 32.6 Å². The molecule has 6 heteroatoms. The van der Waals surface area contributed by atoms with E-state index in [1.807, 2.05) is 48.5 Å². The maximum absolute atomic E-state index is 7.04. The lowest BCUT2D eigenvalue weighted by molar-refractivity contribution is 1.39. The van der Waals surface area contributed by atoms with E-state index in [0.717, 1.165) is 10.4 Å². The molecule has 0 aliphatic rings. The Morgan fingerprint density at radius 1 is 0.500 bits per heavy atom. The Morgan fingerprint density at radius 2 is 0.889 bits per heavy atom. The second-order valence-corrected chi connectivity index (χ2v) is 21.3. The molecule has 4 aromatic carbocycles. The Bertz CT molecular complexity index is 1260. The number of rotatable bonds is 4. The van der Waals surface area contributed by atoms with Crippen molar-refractivity contribution in [3.63, 3.8) is 0 Å². The first-order valence-electron chi connectivity index (χ1n) is 11.9. The highest BCUT2D eigenvalue weighted by Crippen LogP contribution is 2.17. The highest BCUT2D eigenvalue weighted by Gasteiger charge is 2.32. The van der Waals surface area contributed by atoms with Crippen LogP contribution in [0.15, 0.2) is 84.9 Å². The highest BCUT2D eigenvalue weighted by molar-refractivity contribution is 7.34. The molecule has 4 rings (SSSR count). The highest BCUT2D eigenvalue weighted by atomic mass is 35.6. The van der Waals surface area contributed by atoms with E-state index in [9.17, 15) is 0 Å². The molecule has 0 amide bonds. The fourth-order valence-electron chi connectivity index (χ4n) is 4.55. The number of aryl methyl sites for hydroxylation is 4. The van der Waals surface area contributed by atoms with Gasteiger partial charge in [0.1, 0.15) is 0 Å². The van der Waals surface area contributed by atoms with Gasteiger partial charge in [-0.15, -0.1) is 0 Å². The predicted octanol–water partition coefficient (Wildman–Crippen LogP) is 7.77. The van der Waals surface area contributed by atoms with Crippen molar-refractivity contribution in [3.05, 3.63) is 117 Å². The average Bonchev–Trinajstić information content (AvgIpc) is 2.79. The van der Waals surface area contributed by atoms with Crippen LogP contribution in [0.3, 0.4) is 0 Å². The number of hydrogen-bond acceptors (Lipinski definition) is 0. The summed E-state index contributed by atoms with van der Waals surface area (Å²) in [6.45, 7) is 12.9. The fraction of sp³-hybridized carbons (Fsp3) is 0.200. The van der Waals surface area contributed by atoms with Crippen LogP contribution >= 0.6 is 45.4 Å². The van der Waals surface area contributed by atoms with Crippen LogP contribution < -0.4 is 20.7 Å². The van der Waals surface area contributed by atoms with Crippen LogP contribution in [0.5, 0.6) is 0 Å². The van der Waals surface area contributed by atoms with Gasteiger partial charge in [0.2, 0.25) is 14.8 Å². The van der Waals surface area contributed by atoms with Crippen molar-refractivity contribution in [1.82, 2.24) is 0 Å². The monoisotopic (exact) mass is 588 g/mol. The first-order chi connectivity index (χ1) is 16.8. The third kappa shape index (κ3) is 6.86.